The smallest absolute Gasteiger partial charge is 0.253 e. The molecule has 0 saturated carbocycles. The highest BCUT2D eigenvalue weighted by Gasteiger charge is 2.23. The van der Waals surface area contributed by atoms with Crippen LogP contribution in [0, 0.1) is 0 Å². The highest BCUT2D eigenvalue weighted by Crippen LogP contribution is 2.20. The maximum atomic E-state index is 12.2. The zero-order valence-corrected chi connectivity index (χ0v) is 7.30. The number of carbonyl (C=O) groups is 1. The molecule has 14 heavy (non-hydrogen) atoms. The Morgan fingerprint density at radius 3 is 2.93 bits per heavy atom. The molecule has 1 aliphatic heterocycles. The summed E-state index contributed by atoms with van der Waals surface area (Å²) < 4.78 is 68.8. The Kier molecular flexibility index (Phi) is 0.824. The molecule has 3 nitrogen and oxygen atoms in total. The summed E-state index contributed by atoms with van der Waals surface area (Å²) in [7, 11) is 0. The van der Waals surface area contributed by atoms with Gasteiger partial charge in [-0.25, -0.2) is 5.01 Å². The van der Waals surface area contributed by atoms with Crippen molar-refractivity contribution in [1.82, 2.24) is 0 Å². The summed E-state index contributed by atoms with van der Waals surface area (Å²) in [5.41, 5.74) is -1.33. The van der Waals surface area contributed by atoms with E-state index in [-0.39, 0.29) is 0 Å². The fraction of sp³-hybridized carbons (Fsp3) is 0.273. The first-order valence-electron chi connectivity index (χ1n) is 8.32. The van der Waals surface area contributed by atoms with Crippen LogP contribution in [0.15, 0.2) is 35.3 Å². The second-order valence-electron chi connectivity index (χ2n) is 2.41. The molecule has 0 saturated heterocycles. The SMILES string of the molecule is [2H]c1c([2H])c([2H])c(N2N=C(C([2H])([2H])C)C([2H])([2H])C2=O)c([2H])c1[2H]. The van der Waals surface area contributed by atoms with E-state index in [0.717, 1.165) is 6.92 Å². The van der Waals surface area contributed by atoms with Crippen LogP contribution in [0.5, 0.6) is 0 Å². The molecular formula is C11H12N2O. The third-order valence-electron chi connectivity index (χ3n) is 1.55. The van der Waals surface area contributed by atoms with Crippen molar-refractivity contribution in [2.75, 3.05) is 5.01 Å². The molecular weight excluding hydrogens is 176 g/mol. The Morgan fingerprint density at radius 2 is 2.36 bits per heavy atom. The molecule has 0 radical (unpaired) electrons. The Balaban J connectivity index is 2.74. The third kappa shape index (κ3) is 1.53. The number of hydrazone groups is 1. The molecule has 1 heterocycles. The van der Waals surface area contributed by atoms with Gasteiger partial charge in [-0.3, -0.25) is 4.79 Å². The number of hydrogen-bond acceptors (Lipinski definition) is 2. The van der Waals surface area contributed by atoms with Crippen molar-refractivity contribution in [3.63, 3.8) is 0 Å². The minimum Gasteiger partial charge on any atom is -0.272 e. The lowest BCUT2D eigenvalue weighted by molar-refractivity contribution is -0.116. The minimum atomic E-state index is -2.78. The first-order valence-corrected chi connectivity index (χ1v) is 3.82. The quantitative estimate of drug-likeness (QED) is 0.715. The van der Waals surface area contributed by atoms with Gasteiger partial charge in [-0.2, -0.15) is 5.10 Å². The maximum Gasteiger partial charge on any atom is 0.253 e. The highest BCUT2D eigenvalue weighted by atomic mass is 16.2. The monoisotopic (exact) mass is 197 g/mol. The maximum absolute atomic E-state index is 12.2. The van der Waals surface area contributed by atoms with Crippen LogP contribution in [0.1, 0.15) is 32.0 Å². The van der Waals surface area contributed by atoms with E-state index in [0.29, 0.717) is 5.01 Å². The minimum absolute atomic E-state index is 0.344. The van der Waals surface area contributed by atoms with Crippen LogP contribution in [0.25, 0.3) is 0 Å². The van der Waals surface area contributed by atoms with Crippen LogP contribution < -0.4 is 5.01 Å². The molecule has 0 aliphatic carbocycles. The number of rotatable bonds is 2. The van der Waals surface area contributed by atoms with Gasteiger partial charge in [0.2, 0.25) is 0 Å². The number of hydrogen-bond donors (Lipinski definition) is 0. The van der Waals surface area contributed by atoms with Crippen LogP contribution >= 0.6 is 0 Å². The van der Waals surface area contributed by atoms with Crippen molar-refractivity contribution >= 4 is 17.3 Å². The summed E-state index contributed by atoms with van der Waals surface area (Å²) in [4.78, 5) is 12.2. The van der Waals surface area contributed by atoms with E-state index in [2.05, 4.69) is 5.10 Å². The Morgan fingerprint density at radius 1 is 1.64 bits per heavy atom. The normalized spacial score (nSPS) is 29.8. The summed E-state index contributed by atoms with van der Waals surface area (Å²) >= 11 is 0. The molecule has 72 valence electrons. The fourth-order valence-electron chi connectivity index (χ4n) is 0.938. The second-order valence-corrected chi connectivity index (χ2v) is 2.41. The molecule has 0 N–H and O–H groups in total. The molecule has 0 bridgehead atoms. The molecule has 0 unspecified atom stereocenters. The summed E-state index contributed by atoms with van der Waals surface area (Å²) in [6, 6.07) is -3.49. The van der Waals surface area contributed by atoms with Crippen molar-refractivity contribution in [3.8, 4) is 0 Å². The van der Waals surface area contributed by atoms with Gasteiger partial charge in [0.25, 0.3) is 5.91 Å². The molecule has 0 atom stereocenters. The van der Waals surface area contributed by atoms with Crippen molar-refractivity contribution in [2.24, 2.45) is 5.10 Å². The van der Waals surface area contributed by atoms with Crippen LogP contribution in [-0.2, 0) is 4.79 Å². The zero-order chi connectivity index (χ0) is 17.9. The van der Waals surface area contributed by atoms with Crippen molar-refractivity contribution in [1.29, 1.82) is 0 Å². The van der Waals surface area contributed by atoms with E-state index in [9.17, 15) is 4.79 Å². The lowest BCUT2D eigenvalue weighted by Gasteiger charge is -2.10. The van der Waals surface area contributed by atoms with E-state index >= 15 is 0 Å². The summed E-state index contributed by atoms with van der Waals surface area (Å²) in [6.45, 7) is 1.02. The second kappa shape index (κ2) is 3.62. The van der Waals surface area contributed by atoms with Gasteiger partial charge in [-0.15, -0.1) is 0 Å². The lowest BCUT2D eigenvalue weighted by atomic mass is 10.2. The molecule has 1 aliphatic rings. The standard InChI is InChI=1S/C11H12N2O/c1-2-9-8-11(14)13(12-9)10-6-4-3-5-7-10/h3-7H,2,8H2,1H3/i2D2,3D,4D,5D,6D,7D,8D2. The largest absolute Gasteiger partial charge is 0.272 e. The predicted octanol–water partition coefficient (Wildman–Crippen LogP) is 2.19. The summed E-state index contributed by atoms with van der Waals surface area (Å²) in [5.74, 6) is -1.31. The number of benzene rings is 1. The number of amides is 1. The van der Waals surface area contributed by atoms with Gasteiger partial charge in [0.05, 0.1) is 18.9 Å². The van der Waals surface area contributed by atoms with Crippen LogP contribution in [0.2, 0.25) is 0 Å². The van der Waals surface area contributed by atoms with Gasteiger partial charge in [-0.1, -0.05) is 25.1 Å². The molecule has 0 fully saturated rings. The van der Waals surface area contributed by atoms with Crippen molar-refractivity contribution in [3.05, 3.63) is 30.2 Å². The lowest BCUT2D eigenvalue weighted by Crippen LogP contribution is -2.19. The Hall–Kier alpha value is -1.64. The van der Waals surface area contributed by atoms with Crippen molar-refractivity contribution < 1.29 is 17.1 Å². The average Bonchev–Trinajstić information content (AvgIpc) is 2.67. The molecule has 1 aromatic carbocycles. The van der Waals surface area contributed by atoms with Crippen molar-refractivity contribution in [2.45, 2.75) is 19.7 Å². The Bertz CT molecular complexity index is 709. The molecule has 0 spiro atoms. The first kappa shape index (κ1) is 3.19. The van der Waals surface area contributed by atoms with E-state index in [1.807, 2.05) is 0 Å². The van der Waals surface area contributed by atoms with Gasteiger partial charge in [-0.05, 0) is 18.5 Å². The van der Waals surface area contributed by atoms with E-state index < -0.39 is 60.3 Å². The van der Waals surface area contributed by atoms with E-state index in [4.69, 9.17) is 12.3 Å². The number of anilines is 1. The summed E-state index contributed by atoms with van der Waals surface area (Å²) in [5, 5.41) is 3.92. The number of nitrogens with zero attached hydrogens (tertiary/aromatic N) is 2. The third-order valence-corrected chi connectivity index (χ3v) is 1.55. The zero-order valence-electron chi connectivity index (χ0n) is 16.3. The highest BCUT2D eigenvalue weighted by molar-refractivity contribution is 6.12. The molecule has 1 amide bonds. The van der Waals surface area contributed by atoms with E-state index in [1.165, 1.54) is 0 Å². The average molecular weight is 197 g/mol. The van der Waals surface area contributed by atoms with Crippen LogP contribution in [0.3, 0.4) is 0 Å². The van der Waals surface area contributed by atoms with Gasteiger partial charge in [0, 0.05) is 11.2 Å². The fourth-order valence-corrected chi connectivity index (χ4v) is 0.938. The van der Waals surface area contributed by atoms with Gasteiger partial charge in [0.15, 0.2) is 0 Å². The first-order chi connectivity index (χ1) is 10.3. The van der Waals surface area contributed by atoms with Gasteiger partial charge >= 0.3 is 0 Å². The predicted molar refractivity (Wildman–Crippen MR) is 56.3 cm³/mol. The number of para-hydroxylation sites is 1. The molecule has 0 aromatic heterocycles. The molecule has 3 heteroatoms. The Labute approximate surface area is 95.7 Å². The molecule has 2 rings (SSSR count). The summed E-state index contributed by atoms with van der Waals surface area (Å²) in [6.07, 6.45) is -5.04. The molecule has 1 aromatic rings. The van der Waals surface area contributed by atoms with Gasteiger partial charge < -0.3 is 0 Å². The van der Waals surface area contributed by atoms with Gasteiger partial charge in [0.1, 0.15) is 0 Å². The topological polar surface area (TPSA) is 32.7 Å². The van der Waals surface area contributed by atoms with Crippen LogP contribution in [-0.4, -0.2) is 11.6 Å². The van der Waals surface area contributed by atoms with Crippen LogP contribution in [0.4, 0.5) is 5.69 Å². The van der Waals surface area contributed by atoms with E-state index in [1.54, 1.807) is 0 Å². The number of carbonyl (C=O) groups excluding carboxylic acids is 1.